The highest BCUT2D eigenvalue weighted by atomic mass is 32.1. The van der Waals surface area contributed by atoms with E-state index in [2.05, 4.69) is 54.6 Å². The third-order valence-corrected chi connectivity index (χ3v) is 4.27. The Hall–Kier alpha value is -1.32. The average molecular weight is 274 g/mol. The molecule has 0 atom stereocenters. The summed E-state index contributed by atoms with van der Waals surface area (Å²) in [6, 6.07) is 11.0. The van der Waals surface area contributed by atoms with Crippen molar-refractivity contribution in [1.82, 2.24) is 0 Å². The van der Waals surface area contributed by atoms with Crippen molar-refractivity contribution in [3.05, 3.63) is 51.7 Å². The largest absolute Gasteiger partial charge is 0.374 e. The van der Waals surface area contributed by atoms with E-state index in [9.17, 15) is 0 Å². The summed E-state index contributed by atoms with van der Waals surface area (Å²) in [4.78, 5) is 3.78. The maximum atomic E-state index is 5.71. The van der Waals surface area contributed by atoms with Crippen LogP contribution in [0.1, 0.15) is 16.0 Å². The normalized spacial score (nSPS) is 10.7. The molecule has 0 aliphatic heterocycles. The van der Waals surface area contributed by atoms with E-state index < -0.39 is 0 Å². The van der Waals surface area contributed by atoms with Gasteiger partial charge in [0.15, 0.2) is 0 Å². The number of likely N-dealkylation sites (N-methyl/N-ethyl adjacent to an activating group) is 1. The minimum atomic E-state index is 0.704. The summed E-state index contributed by atoms with van der Waals surface area (Å²) in [5.41, 5.74) is 9.69. The number of anilines is 1. The Morgan fingerprint density at radius 3 is 2.74 bits per heavy atom. The van der Waals surface area contributed by atoms with Gasteiger partial charge in [0.05, 0.1) is 0 Å². The molecular formula is C16H22N2S. The molecule has 2 rings (SSSR count). The van der Waals surface area contributed by atoms with Gasteiger partial charge in [0.2, 0.25) is 0 Å². The van der Waals surface area contributed by atoms with Gasteiger partial charge in [0.25, 0.3) is 0 Å². The van der Waals surface area contributed by atoms with E-state index in [0.29, 0.717) is 6.54 Å². The Kier molecular flexibility index (Phi) is 5.00. The summed E-state index contributed by atoms with van der Waals surface area (Å²) in [5, 5.41) is 2.14. The van der Waals surface area contributed by atoms with Gasteiger partial charge in [-0.15, -0.1) is 11.3 Å². The molecule has 0 aliphatic carbocycles. The van der Waals surface area contributed by atoms with Crippen LogP contribution in [0.2, 0.25) is 0 Å². The van der Waals surface area contributed by atoms with E-state index in [0.717, 1.165) is 19.4 Å². The Morgan fingerprint density at radius 2 is 2.05 bits per heavy atom. The highest BCUT2D eigenvalue weighted by molar-refractivity contribution is 7.09. The van der Waals surface area contributed by atoms with Gasteiger partial charge in [0, 0.05) is 24.2 Å². The van der Waals surface area contributed by atoms with Gasteiger partial charge in [-0.3, -0.25) is 0 Å². The summed E-state index contributed by atoms with van der Waals surface area (Å²) in [7, 11) is 2.16. The fourth-order valence-corrected chi connectivity index (χ4v) is 2.99. The van der Waals surface area contributed by atoms with Crippen LogP contribution in [-0.4, -0.2) is 20.1 Å². The predicted octanol–water partition coefficient (Wildman–Crippen LogP) is 3.24. The lowest BCUT2D eigenvalue weighted by molar-refractivity contribution is 0.868. The first-order valence-corrected chi connectivity index (χ1v) is 7.62. The van der Waals surface area contributed by atoms with Crippen molar-refractivity contribution in [3.8, 4) is 0 Å². The van der Waals surface area contributed by atoms with Crippen molar-refractivity contribution < 1.29 is 0 Å². The minimum absolute atomic E-state index is 0.704. The minimum Gasteiger partial charge on any atom is -0.374 e. The SMILES string of the molecule is Cc1ccc(N(C)CCc2cccs2)c(CCN)c1. The average Bonchev–Trinajstić information content (AvgIpc) is 2.90. The summed E-state index contributed by atoms with van der Waals surface area (Å²) in [6.45, 7) is 3.88. The van der Waals surface area contributed by atoms with Crippen molar-refractivity contribution >= 4 is 17.0 Å². The molecule has 0 bridgehead atoms. The number of thiophene rings is 1. The van der Waals surface area contributed by atoms with Crippen LogP contribution in [0.25, 0.3) is 0 Å². The van der Waals surface area contributed by atoms with Gasteiger partial charge in [-0.05, 0) is 49.4 Å². The zero-order valence-electron chi connectivity index (χ0n) is 11.7. The van der Waals surface area contributed by atoms with E-state index in [1.807, 2.05) is 11.3 Å². The lowest BCUT2D eigenvalue weighted by Crippen LogP contribution is -2.22. The van der Waals surface area contributed by atoms with Gasteiger partial charge < -0.3 is 10.6 Å². The van der Waals surface area contributed by atoms with E-state index in [-0.39, 0.29) is 0 Å². The molecule has 19 heavy (non-hydrogen) atoms. The fourth-order valence-electron chi connectivity index (χ4n) is 2.30. The van der Waals surface area contributed by atoms with Crippen molar-refractivity contribution in [1.29, 1.82) is 0 Å². The second kappa shape index (κ2) is 6.73. The van der Waals surface area contributed by atoms with Crippen molar-refractivity contribution in [2.75, 3.05) is 25.0 Å². The van der Waals surface area contributed by atoms with Gasteiger partial charge in [-0.2, -0.15) is 0 Å². The van der Waals surface area contributed by atoms with Crippen LogP contribution < -0.4 is 10.6 Å². The summed E-state index contributed by atoms with van der Waals surface area (Å²) in [6.07, 6.45) is 2.05. The van der Waals surface area contributed by atoms with Crippen LogP contribution in [0, 0.1) is 6.92 Å². The summed E-state index contributed by atoms with van der Waals surface area (Å²) >= 11 is 1.83. The van der Waals surface area contributed by atoms with E-state index in [1.165, 1.54) is 21.7 Å². The van der Waals surface area contributed by atoms with Crippen LogP contribution in [0.5, 0.6) is 0 Å². The number of benzene rings is 1. The number of nitrogens with zero attached hydrogens (tertiary/aromatic N) is 1. The molecule has 0 unspecified atom stereocenters. The second-order valence-electron chi connectivity index (χ2n) is 4.92. The van der Waals surface area contributed by atoms with Crippen LogP contribution in [0.4, 0.5) is 5.69 Å². The maximum absolute atomic E-state index is 5.71. The Balaban J connectivity index is 2.07. The standard InChI is InChI=1S/C16H22N2S/c1-13-5-6-16(14(12-13)7-9-17)18(2)10-8-15-4-3-11-19-15/h3-6,11-12H,7-10,17H2,1-2H3. The predicted molar refractivity (Wildman–Crippen MR) is 85.2 cm³/mol. The lowest BCUT2D eigenvalue weighted by Gasteiger charge is -2.22. The third-order valence-electron chi connectivity index (χ3n) is 3.33. The Morgan fingerprint density at radius 1 is 1.21 bits per heavy atom. The molecule has 0 saturated heterocycles. The molecule has 1 heterocycles. The molecule has 102 valence electrons. The maximum Gasteiger partial charge on any atom is 0.0396 e. The molecule has 0 amide bonds. The molecule has 2 N–H and O–H groups in total. The smallest absolute Gasteiger partial charge is 0.0396 e. The zero-order valence-corrected chi connectivity index (χ0v) is 12.5. The molecular weight excluding hydrogens is 252 g/mol. The number of rotatable bonds is 6. The van der Waals surface area contributed by atoms with Gasteiger partial charge >= 0.3 is 0 Å². The molecule has 1 aromatic heterocycles. The second-order valence-corrected chi connectivity index (χ2v) is 5.95. The van der Waals surface area contributed by atoms with Crippen LogP contribution >= 0.6 is 11.3 Å². The molecule has 0 radical (unpaired) electrons. The monoisotopic (exact) mass is 274 g/mol. The first-order valence-electron chi connectivity index (χ1n) is 6.74. The third kappa shape index (κ3) is 3.82. The molecule has 0 spiro atoms. The quantitative estimate of drug-likeness (QED) is 0.876. The molecule has 2 nitrogen and oxygen atoms in total. The van der Waals surface area contributed by atoms with Crippen molar-refractivity contribution in [2.45, 2.75) is 19.8 Å². The van der Waals surface area contributed by atoms with Crippen molar-refractivity contribution in [2.24, 2.45) is 5.73 Å². The van der Waals surface area contributed by atoms with E-state index in [4.69, 9.17) is 5.73 Å². The van der Waals surface area contributed by atoms with Gasteiger partial charge in [-0.25, -0.2) is 0 Å². The van der Waals surface area contributed by atoms with Crippen molar-refractivity contribution in [3.63, 3.8) is 0 Å². The van der Waals surface area contributed by atoms with Gasteiger partial charge in [-0.1, -0.05) is 23.8 Å². The number of aryl methyl sites for hydroxylation is 1. The van der Waals surface area contributed by atoms with Crippen LogP contribution in [0.15, 0.2) is 35.7 Å². The summed E-state index contributed by atoms with van der Waals surface area (Å²) in [5.74, 6) is 0. The Labute approximate surface area is 119 Å². The first kappa shape index (κ1) is 14.1. The van der Waals surface area contributed by atoms with E-state index in [1.54, 1.807) is 0 Å². The summed E-state index contributed by atoms with van der Waals surface area (Å²) < 4.78 is 0. The Bertz CT molecular complexity index is 505. The molecule has 1 aromatic carbocycles. The van der Waals surface area contributed by atoms with E-state index >= 15 is 0 Å². The zero-order chi connectivity index (χ0) is 13.7. The highest BCUT2D eigenvalue weighted by Gasteiger charge is 2.07. The van der Waals surface area contributed by atoms with Crippen LogP contribution in [-0.2, 0) is 12.8 Å². The number of hydrogen-bond donors (Lipinski definition) is 1. The number of hydrogen-bond acceptors (Lipinski definition) is 3. The fraction of sp³-hybridized carbons (Fsp3) is 0.375. The molecule has 2 aromatic rings. The van der Waals surface area contributed by atoms with Crippen LogP contribution in [0.3, 0.4) is 0 Å². The first-order chi connectivity index (χ1) is 9.20. The molecule has 0 fully saturated rings. The number of nitrogens with two attached hydrogens (primary N) is 1. The molecule has 3 heteroatoms. The molecule has 0 aliphatic rings. The van der Waals surface area contributed by atoms with Gasteiger partial charge in [0.1, 0.15) is 0 Å². The highest BCUT2D eigenvalue weighted by Crippen LogP contribution is 2.22. The topological polar surface area (TPSA) is 29.3 Å². The molecule has 0 saturated carbocycles. The lowest BCUT2D eigenvalue weighted by atomic mass is 10.1.